The van der Waals surface area contributed by atoms with Crippen LogP contribution in [0.3, 0.4) is 0 Å². The number of imidazole rings is 1. The summed E-state index contributed by atoms with van der Waals surface area (Å²) in [5.74, 6) is 0.686. The van der Waals surface area contributed by atoms with Gasteiger partial charge in [0, 0.05) is 25.8 Å². The number of halogens is 1. The molecule has 2 heterocycles. The van der Waals surface area contributed by atoms with Crippen molar-refractivity contribution < 1.29 is 8.42 Å². The molecule has 1 aliphatic heterocycles. The minimum atomic E-state index is -3.48. The molecule has 110 valence electrons. The van der Waals surface area contributed by atoms with Crippen LogP contribution in [0.15, 0.2) is 11.2 Å². The lowest BCUT2D eigenvalue weighted by molar-refractivity contribution is 0.398. The van der Waals surface area contributed by atoms with E-state index in [-0.39, 0.29) is 23.5 Å². The summed E-state index contributed by atoms with van der Waals surface area (Å²) in [5, 5.41) is 3.40. The number of hydrogen-bond acceptors (Lipinski definition) is 4. The first-order valence-corrected chi connectivity index (χ1v) is 7.70. The van der Waals surface area contributed by atoms with Crippen molar-refractivity contribution in [3.05, 3.63) is 12.0 Å². The smallest absolute Gasteiger partial charge is 0.259 e. The molecule has 1 unspecified atom stereocenters. The van der Waals surface area contributed by atoms with Gasteiger partial charge in [-0.1, -0.05) is 6.42 Å². The normalized spacial score (nSPS) is 20.0. The molecule has 2 rings (SSSR count). The summed E-state index contributed by atoms with van der Waals surface area (Å²) in [7, 11) is -1.70. The second-order valence-corrected chi connectivity index (χ2v) is 6.45. The molecule has 1 fully saturated rings. The molecule has 19 heavy (non-hydrogen) atoms. The second-order valence-electron chi connectivity index (χ2n) is 4.74. The van der Waals surface area contributed by atoms with Gasteiger partial charge in [0.1, 0.15) is 5.82 Å². The van der Waals surface area contributed by atoms with Crippen LogP contribution in [0, 0.1) is 6.92 Å². The molecule has 6 nitrogen and oxygen atoms in total. The Morgan fingerprint density at radius 3 is 2.79 bits per heavy atom. The lowest BCUT2D eigenvalue weighted by Gasteiger charge is -2.23. The number of hydrogen-bond donors (Lipinski definition) is 2. The summed E-state index contributed by atoms with van der Waals surface area (Å²) >= 11 is 0. The van der Waals surface area contributed by atoms with Crippen LogP contribution in [0.4, 0.5) is 0 Å². The number of piperidine rings is 1. The second kappa shape index (κ2) is 6.69. The first-order chi connectivity index (χ1) is 8.49. The van der Waals surface area contributed by atoms with Gasteiger partial charge < -0.3 is 9.88 Å². The first-order valence-electron chi connectivity index (χ1n) is 6.22. The Bertz CT molecular complexity index is 489. The predicted octanol–water partition coefficient (Wildman–Crippen LogP) is 0.571. The van der Waals surface area contributed by atoms with Gasteiger partial charge in [-0.15, -0.1) is 12.4 Å². The highest BCUT2D eigenvalue weighted by Crippen LogP contribution is 2.09. The molecule has 8 heteroatoms. The third-order valence-corrected chi connectivity index (χ3v) is 4.59. The molecule has 0 aliphatic carbocycles. The van der Waals surface area contributed by atoms with E-state index < -0.39 is 10.0 Å². The van der Waals surface area contributed by atoms with Gasteiger partial charge in [-0.3, -0.25) is 0 Å². The molecule has 1 atom stereocenters. The summed E-state index contributed by atoms with van der Waals surface area (Å²) in [6.07, 6.45) is 4.88. The van der Waals surface area contributed by atoms with Crippen LogP contribution in [-0.2, 0) is 17.1 Å². The number of rotatable bonds is 4. The fraction of sp³-hybridized carbons (Fsp3) is 0.727. The largest absolute Gasteiger partial charge is 0.337 e. The van der Waals surface area contributed by atoms with Crippen LogP contribution in [-0.4, -0.2) is 37.1 Å². The van der Waals surface area contributed by atoms with E-state index >= 15 is 0 Å². The van der Waals surface area contributed by atoms with Gasteiger partial charge in [0.15, 0.2) is 5.03 Å². The fourth-order valence-corrected chi connectivity index (χ4v) is 3.16. The zero-order chi connectivity index (χ0) is 13.2. The summed E-state index contributed by atoms with van der Waals surface area (Å²) in [5.41, 5.74) is 0. The third-order valence-electron chi connectivity index (χ3n) is 3.29. The molecule has 0 spiro atoms. The van der Waals surface area contributed by atoms with E-state index in [4.69, 9.17) is 0 Å². The minimum absolute atomic E-state index is 0. The maximum atomic E-state index is 12.0. The first kappa shape index (κ1) is 16.4. The van der Waals surface area contributed by atoms with Gasteiger partial charge in [-0.2, -0.15) is 0 Å². The number of nitrogens with zero attached hydrogens (tertiary/aromatic N) is 2. The van der Waals surface area contributed by atoms with Crippen LogP contribution in [0.1, 0.15) is 25.1 Å². The Kier molecular flexibility index (Phi) is 5.79. The maximum Gasteiger partial charge on any atom is 0.259 e. The number of sulfonamides is 1. The van der Waals surface area contributed by atoms with Crippen molar-refractivity contribution in [2.75, 3.05) is 13.1 Å². The zero-order valence-corrected chi connectivity index (χ0v) is 12.9. The van der Waals surface area contributed by atoms with Crippen LogP contribution in [0.25, 0.3) is 0 Å². The van der Waals surface area contributed by atoms with E-state index in [0.717, 1.165) is 19.4 Å². The fourth-order valence-electron chi connectivity index (χ4n) is 2.04. The van der Waals surface area contributed by atoms with E-state index in [1.165, 1.54) is 12.6 Å². The predicted molar refractivity (Wildman–Crippen MR) is 76.0 cm³/mol. The number of aryl methyl sites for hydroxylation is 2. The Balaban J connectivity index is 0.00000180. The number of aromatic nitrogens is 2. The quantitative estimate of drug-likeness (QED) is 0.853. The van der Waals surface area contributed by atoms with E-state index in [0.29, 0.717) is 12.4 Å². The maximum absolute atomic E-state index is 12.0. The summed E-state index contributed by atoms with van der Waals surface area (Å²) in [6.45, 7) is 3.18. The van der Waals surface area contributed by atoms with Gasteiger partial charge in [0.2, 0.25) is 0 Å². The Morgan fingerprint density at radius 2 is 2.26 bits per heavy atom. The molecule has 1 aliphatic rings. The van der Waals surface area contributed by atoms with Gasteiger partial charge in [0.05, 0.1) is 0 Å². The van der Waals surface area contributed by atoms with E-state index in [1.54, 1.807) is 18.5 Å². The molecule has 2 N–H and O–H groups in total. The zero-order valence-electron chi connectivity index (χ0n) is 11.2. The van der Waals surface area contributed by atoms with E-state index in [2.05, 4.69) is 15.0 Å². The highest BCUT2D eigenvalue weighted by Gasteiger charge is 2.20. The Hall–Kier alpha value is -0.630. The molecule has 0 amide bonds. The van der Waals surface area contributed by atoms with Crippen molar-refractivity contribution in [1.82, 2.24) is 19.6 Å². The van der Waals surface area contributed by atoms with Crippen molar-refractivity contribution in [1.29, 1.82) is 0 Å². The van der Waals surface area contributed by atoms with Crippen LogP contribution in [0.2, 0.25) is 0 Å². The summed E-state index contributed by atoms with van der Waals surface area (Å²) < 4.78 is 28.4. The molecular weight excluding hydrogens is 288 g/mol. The average molecular weight is 309 g/mol. The molecule has 0 saturated carbocycles. The Labute approximate surface area is 120 Å². The monoisotopic (exact) mass is 308 g/mol. The standard InChI is InChI=1S/C11H20N4O2S.ClH/c1-9-14-11(8-15(9)2)18(16,17)13-7-10-5-3-4-6-12-10;/h8,10,12-13H,3-7H2,1-2H3;1H. The molecule has 0 radical (unpaired) electrons. The third kappa shape index (κ3) is 4.17. The van der Waals surface area contributed by atoms with Crippen molar-refractivity contribution >= 4 is 22.4 Å². The van der Waals surface area contributed by atoms with Crippen LogP contribution in [0.5, 0.6) is 0 Å². The molecule has 1 aromatic heterocycles. The van der Waals surface area contributed by atoms with E-state index in [1.807, 2.05) is 0 Å². The molecule has 1 aromatic rings. The lowest BCUT2D eigenvalue weighted by Crippen LogP contribution is -2.43. The summed E-state index contributed by atoms with van der Waals surface area (Å²) in [6, 6.07) is 0.235. The summed E-state index contributed by atoms with van der Waals surface area (Å²) in [4.78, 5) is 4.04. The molecule has 0 bridgehead atoms. The topological polar surface area (TPSA) is 76.0 Å². The number of nitrogens with one attached hydrogen (secondary N) is 2. The van der Waals surface area contributed by atoms with Gasteiger partial charge in [0.25, 0.3) is 10.0 Å². The highest BCUT2D eigenvalue weighted by molar-refractivity contribution is 7.89. The average Bonchev–Trinajstić information content (AvgIpc) is 2.70. The van der Waals surface area contributed by atoms with Gasteiger partial charge in [-0.05, 0) is 26.3 Å². The molecular formula is C11H21ClN4O2S. The van der Waals surface area contributed by atoms with Crippen molar-refractivity contribution in [3.63, 3.8) is 0 Å². The van der Waals surface area contributed by atoms with Crippen molar-refractivity contribution in [3.8, 4) is 0 Å². The molecule has 0 aromatic carbocycles. The highest BCUT2D eigenvalue weighted by atomic mass is 35.5. The van der Waals surface area contributed by atoms with Gasteiger partial charge >= 0.3 is 0 Å². The Morgan fingerprint density at radius 1 is 1.53 bits per heavy atom. The van der Waals surface area contributed by atoms with Crippen molar-refractivity contribution in [2.45, 2.75) is 37.3 Å². The van der Waals surface area contributed by atoms with E-state index in [9.17, 15) is 8.42 Å². The SMILES string of the molecule is Cc1nc(S(=O)(=O)NCC2CCCCN2)cn1C.Cl. The minimum Gasteiger partial charge on any atom is -0.337 e. The van der Waals surface area contributed by atoms with Gasteiger partial charge in [-0.25, -0.2) is 18.1 Å². The van der Waals surface area contributed by atoms with Crippen LogP contribution < -0.4 is 10.0 Å². The van der Waals surface area contributed by atoms with Crippen LogP contribution >= 0.6 is 12.4 Å². The van der Waals surface area contributed by atoms with Crippen molar-refractivity contribution in [2.24, 2.45) is 7.05 Å². The molecule has 1 saturated heterocycles. The lowest BCUT2D eigenvalue weighted by atomic mass is 10.1.